The second-order valence-corrected chi connectivity index (χ2v) is 6.68. The molecule has 1 N–H and O–H groups in total. The van der Waals surface area contributed by atoms with E-state index < -0.39 is 0 Å². The summed E-state index contributed by atoms with van der Waals surface area (Å²) in [6.07, 6.45) is 6.82. The Morgan fingerprint density at radius 1 is 1.20 bits per heavy atom. The first kappa shape index (κ1) is 13.9. The van der Waals surface area contributed by atoms with Gasteiger partial charge in [0.2, 0.25) is 0 Å². The predicted molar refractivity (Wildman–Crippen MR) is 83.3 cm³/mol. The molecule has 0 heterocycles. The lowest BCUT2D eigenvalue weighted by molar-refractivity contribution is 0.259. The third kappa shape index (κ3) is 2.85. The maximum atomic E-state index is 5.47. The standard InChI is InChI=1S/C18H27NO/c1-13-6-5-7-14(13)12-19-16-10-15(11-16)17-8-3-4-9-18(17)20-2/h3-4,8-9,13-16,19H,5-7,10-12H2,1-2H3. The fourth-order valence-electron chi connectivity index (χ4n) is 3.89. The molecule has 0 aromatic heterocycles. The molecule has 2 fully saturated rings. The van der Waals surface area contributed by atoms with E-state index in [0.29, 0.717) is 5.92 Å². The molecule has 2 aliphatic rings. The Morgan fingerprint density at radius 3 is 2.70 bits per heavy atom. The van der Waals surface area contributed by atoms with Gasteiger partial charge in [0, 0.05) is 6.04 Å². The first-order valence-corrected chi connectivity index (χ1v) is 8.14. The Kier molecular flexibility index (Phi) is 4.30. The Morgan fingerprint density at radius 2 is 2.00 bits per heavy atom. The van der Waals surface area contributed by atoms with Crippen molar-refractivity contribution in [3.63, 3.8) is 0 Å². The molecule has 0 saturated heterocycles. The maximum Gasteiger partial charge on any atom is 0.122 e. The molecule has 0 amide bonds. The molecule has 3 rings (SSSR count). The molecule has 2 nitrogen and oxygen atoms in total. The molecule has 110 valence electrons. The second-order valence-electron chi connectivity index (χ2n) is 6.68. The van der Waals surface area contributed by atoms with E-state index in [4.69, 9.17) is 4.74 Å². The summed E-state index contributed by atoms with van der Waals surface area (Å²) in [7, 11) is 1.77. The summed E-state index contributed by atoms with van der Waals surface area (Å²) in [5.41, 5.74) is 1.39. The van der Waals surface area contributed by atoms with E-state index in [1.807, 2.05) is 0 Å². The average Bonchev–Trinajstić information content (AvgIpc) is 2.83. The smallest absolute Gasteiger partial charge is 0.122 e. The first-order valence-electron chi connectivity index (χ1n) is 8.14. The Labute approximate surface area is 122 Å². The van der Waals surface area contributed by atoms with Crippen LogP contribution in [0.5, 0.6) is 5.75 Å². The van der Waals surface area contributed by atoms with Crippen molar-refractivity contribution in [1.82, 2.24) is 5.32 Å². The Bertz CT molecular complexity index is 439. The van der Waals surface area contributed by atoms with Crippen LogP contribution < -0.4 is 10.1 Å². The lowest BCUT2D eigenvalue weighted by Crippen LogP contribution is -2.42. The van der Waals surface area contributed by atoms with E-state index in [2.05, 4.69) is 36.5 Å². The van der Waals surface area contributed by atoms with Gasteiger partial charge in [0.25, 0.3) is 0 Å². The van der Waals surface area contributed by atoms with E-state index in [0.717, 1.165) is 23.6 Å². The molecular weight excluding hydrogens is 246 g/mol. The van der Waals surface area contributed by atoms with Gasteiger partial charge in [-0.15, -0.1) is 0 Å². The van der Waals surface area contributed by atoms with E-state index in [1.165, 1.54) is 44.2 Å². The fraction of sp³-hybridized carbons (Fsp3) is 0.667. The van der Waals surface area contributed by atoms with Crippen LogP contribution >= 0.6 is 0 Å². The summed E-state index contributed by atoms with van der Waals surface area (Å²) in [5, 5.41) is 3.79. The lowest BCUT2D eigenvalue weighted by atomic mass is 9.75. The zero-order valence-electron chi connectivity index (χ0n) is 12.8. The second kappa shape index (κ2) is 6.17. The van der Waals surface area contributed by atoms with Crippen molar-refractivity contribution in [2.45, 2.75) is 51.0 Å². The van der Waals surface area contributed by atoms with Crippen molar-refractivity contribution in [1.29, 1.82) is 0 Å². The first-order chi connectivity index (χ1) is 9.78. The van der Waals surface area contributed by atoms with Crippen molar-refractivity contribution < 1.29 is 4.74 Å². The number of hydrogen-bond donors (Lipinski definition) is 1. The van der Waals surface area contributed by atoms with E-state index in [-0.39, 0.29) is 0 Å². The quantitative estimate of drug-likeness (QED) is 0.876. The predicted octanol–water partition coefficient (Wildman–Crippen LogP) is 3.97. The monoisotopic (exact) mass is 273 g/mol. The normalized spacial score (nSPS) is 32.9. The van der Waals surface area contributed by atoms with Gasteiger partial charge in [-0.1, -0.05) is 38.0 Å². The number of benzene rings is 1. The van der Waals surface area contributed by atoms with Crippen LogP contribution in [0.4, 0.5) is 0 Å². The third-order valence-corrected chi connectivity index (χ3v) is 5.42. The minimum atomic E-state index is 0.685. The van der Waals surface area contributed by atoms with Crippen LogP contribution in [-0.4, -0.2) is 19.7 Å². The maximum absolute atomic E-state index is 5.47. The van der Waals surface area contributed by atoms with Crippen LogP contribution in [0, 0.1) is 11.8 Å². The molecule has 2 saturated carbocycles. The highest BCUT2D eigenvalue weighted by atomic mass is 16.5. The molecule has 1 aromatic carbocycles. The zero-order valence-corrected chi connectivity index (χ0v) is 12.8. The van der Waals surface area contributed by atoms with Crippen LogP contribution in [0.2, 0.25) is 0 Å². The molecule has 1 aromatic rings. The van der Waals surface area contributed by atoms with Crippen LogP contribution in [0.25, 0.3) is 0 Å². The minimum Gasteiger partial charge on any atom is -0.496 e. The largest absolute Gasteiger partial charge is 0.496 e. The van der Waals surface area contributed by atoms with E-state index >= 15 is 0 Å². The van der Waals surface area contributed by atoms with Crippen LogP contribution in [0.1, 0.15) is 50.5 Å². The topological polar surface area (TPSA) is 21.3 Å². The summed E-state index contributed by atoms with van der Waals surface area (Å²) in [6, 6.07) is 9.20. The van der Waals surface area contributed by atoms with Gasteiger partial charge in [-0.05, 0) is 55.2 Å². The number of nitrogens with one attached hydrogen (secondary N) is 1. The SMILES string of the molecule is COc1ccccc1C1CC(NCC2CCCC2C)C1. The van der Waals surface area contributed by atoms with Gasteiger partial charge < -0.3 is 10.1 Å². The van der Waals surface area contributed by atoms with Crippen molar-refractivity contribution in [2.75, 3.05) is 13.7 Å². The summed E-state index contributed by atoms with van der Waals surface area (Å²) >= 11 is 0. The number of methoxy groups -OCH3 is 1. The van der Waals surface area contributed by atoms with E-state index in [1.54, 1.807) is 7.11 Å². The molecule has 0 aliphatic heterocycles. The van der Waals surface area contributed by atoms with Crippen molar-refractivity contribution in [3.05, 3.63) is 29.8 Å². The molecule has 0 bridgehead atoms. The van der Waals surface area contributed by atoms with Crippen molar-refractivity contribution in [2.24, 2.45) is 11.8 Å². The summed E-state index contributed by atoms with van der Waals surface area (Å²) in [5.74, 6) is 3.58. The van der Waals surface area contributed by atoms with Gasteiger partial charge in [-0.3, -0.25) is 0 Å². The number of rotatable bonds is 5. The van der Waals surface area contributed by atoms with Crippen molar-refractivity contribution in [3.8, 4) is 5.75 Å². The summed E-state index contributed by atoms with van der Waals surface area (Å²) in [4.78, 5) is 0. The van der Waals surface area contributed by atoms with E-state index in [9.17, 15) is 0 Å². The molecule has 2 heteroatoms. The highest BCUT2D eigenvalue weighted by molar-refractivity contribution is 5.37. The highest BCUT2D eigenvalue weighted by Crippen LogP contribution is 2.41. The third-order valence-electron chi connectivity index (χ3n) is 5.42. The summed E-state index contributed by atoms with van der Waals surface area (Å²) in [6.45, 7) is 3.64. The van der Waals surface area contributed by atoms with Gasteiger partial charge in [-0.2, -0.15) is 0 Å². The lowest BCUT2D eigenvalue weighted by Gasteiger charge is -2.38. The molecular formula is C18H27NO. The molecule has 0 radical (unpaired) electrons. The van der Waals surface area contributed by atoms with Crippen molar-refractivity contribution >= 4 is 0 Å². The molecule has 0 spiro atoms. The van der Waals surface area contributed by atoms with Gasteiger partial charge in [0.1, 0.15) is 5.75 Å². The van der Waals surface area contributed by atoms with Gasteiger partial charge >= 0.3 is 0 Å². The molecule has 2 aliphatic carbocycles. The summed E-state index contributed by atoms with van der Waals surface area (Å²) < 4.78 is 5.47. The molecule has 2 unspecified atom stereocenters. The van der Waals surface area contributed by atoms with Gasteiger partial charge in [0.15, 0.2) is 0 Å². The Balaban J connectivity index is 1.46. The van der Waals surface area contributed by atoms with Crippen LogP contribution in [0.15, 0.2) is 24.3 Å². The molecule has 2 atom stereocenters. The fourth-order valence-corrected chi connectivity index (χ4v) is 3.89. The van der Waals surface area contributed by atoms with Gasteiger partial charge in [0.05, 0.1) is 7.11 Å². The highest BCUT2D eigenvalue weighted by Gasteiger charge is 2.33. The molecule has 20 heavy (non-hydrogen) atoms. The zero-order chi connectivity index (χ0) is 13.9. The number of para-hydroxylation sites is 1. The van der Waals surface area contributed by atoms with Crippen LogP contribution in [-0.2, 0) is 0 Å². The number of ether oxygens (including phenoxy) is 1. The minimum absolute atomic E-state index is 0.685. The average molecular weight is 273 g/mol. The van der Waals surface area contributed by atoms with Crippen LogP contribution in [0.3, 0.4) is 0 Å². The Hall–Kier alpha value is -1.02. The van der Waals surface area contributed by atoms with Gasteiger partial charge in [-0.25, -0.2) is 0 Å². The number of hydrogen-bond acceptors (Lipinski definition) is 2.